The number of hydrogen-bond acceptors (Lipinski definition) is 5. The number of nitrogens with one attached hydrogen (secondary N) is 3. The van der Waals surface area contributed by atoms with Gasteiger partial charge in [-0.3, -0.25) is 9.59 Å². The van der Waals surface area contributed by atoms with E-state index in [2.05, 4.69) is 58.7 Å². The minimum absolute atomic E-state index is 0.0944. The molecule has 4 rings (SSSR count). The molecule has 1 saturated carbocycles. The highest BCUT2D eigenvalue weighted by Crippen LogP contribution is 2.41. The summed E-state index contributed by atoms with van der Waals surface area (Å²) >= 11 is 0. The largest absolute Gasteiger partial charge is 0.348 e. The van der Waals surface area contributed by atoms with Crippen molar-refractivity contribution >= 4 is 23.1 Å². The number of carbonyl (C=O) groups excluding carboxylic acids is 2. The van der Waals surface area contributed by atoms with Gasteiger partial charge in [0.2, 0.25) is 5.91 Å². The number of nitrogens with zero attached hydrogens (tertiary/aromatic N) is 3. The second-order valence-electron chi connectivity index (χ2n) is 11.3. The summed E-state index contributed by atoms with van der Waals surface area (Å²) in [6.45, 7) is 4.95. The average molecular weight is 503 g/mol. The Morgan fingerprint density at radius 1 is 1.22 bits per heavy atom. The van der Waals surface area contributed by atoms with Crippen LogP contribution < -0.4 is 10.6 Å². The van der Waals surface area contributed by atoms with Crippen LogP contribution in [-0.4, -0.2) is 53.4 Å². The van der Waals surface area contributed by atoms with E-state index in [1.165, 1.54) is 17.3 Å². The van der Waals surface area contributed by atoms with Crippen molar-refractivity contribution in [3.05, 3.63) is 53.1 Å². The van der Waals surface area contributed by atoms with Gasteiger partial charge in [-0.1, -0.05) is 32.1 Å². The number of imidazole rings is 1. The van der Waals surface area contributed by atoms with E-state index in [1.54, 1.807) is 19.0 Å². The van der Waals surface area contributed by atoms with Crippen LogP contribution in [0.2, 0.25) is 0 Å². The number of rotatable bonds is 7. The highest BCUT2D eigenvalue weighted by atomic mass is 16.2. The van der Waals surface area contributed by atoms with Gasteiger partial charge in [-0.25, -0.2) is 4.98 Å². The Hall–Kier alpha value is -3.44. The van der Waals surface area contributed by atoms with Gasteiger partial charge in [0.15, 0.2) is 5.82 Å². The van der Waals surface area contributed by atoms with Gasteiger partial charge >= 0.3 is 0 Å². The maximum Gasteiger partial charge on any atom is 0.291 e. The molecule has 1 fully saturated rings. The van der Waals surface area contributed by atoms with Gasteiger partial charge in [-0.05, 0) is 73.5 Å². The van der Waals surface area contributed by atoms with Crippen molar-refractivity contribution in [3.8, 4) is 6.07 Å². The zero-order valence-corrected chi connectivity index (χ0v) is 22.4. The Morgan fingerprint density at radius 2 is 1.97 bits per heavy atom. The SMILES string of the molecule is CN(C)C(=O)CNC1CCC(c2ccc(C3=CCC(C)(C)CC3)c(NC(=O)c3ncc(C#N)[nH]3)c2)CC1. The summed E-state index contributed by atoms with van der Waals surface area (Å²) in [6.07, 6.45) is 10.8. The van der Waals surface area contributed by atoms with Crippen molar-refractivity contribution in [2.45, 2.75) is 70.8 Å². The summed E-state index contributed by atoms with van der Waals surface area (Å²) in [6, 6.07) is 8.81. The maximum absolute atomic E-state index is 13.0. The van der Waals surface area contributed by atoms with E-state index in [9.17, 15) is 9.59 Å². The van der Waals surface area contributed by atoms with Crippen LogP contribution in [0.25, 0.3) is 5.57 Å². The number of carbonyl (C=O) groups is 2. The Balaban J connectivity index is 1.51. The minimum Gasteiger partial charge on any atom is -0.348 e. The molecule has 37 heavy (non-hydrogen) atoms. The third-order valence-corrected chi connectivity index (χ3v) is 7.76. The molecule has 8 nitrogen and oxygen atoms in total. The Kier molecular flexibility index (Phi) is 8.13. The molecule has 8 heteroatoms. The molecule has 0 atom stereocenters. The first-order chi connectivity index (χ1) is 17.6. The van der Waals surface area contributed by atoms with E-state index in [0.717, 1.165) is 56.2 Å². The fourth-order valence-electron chi connectivity index (χ4n) is 5.22. The first-order valence-electron chi connectivity index (χ1n) is 13.2. The summed E-state index contributed by atoms with van der Waals surface area (Å²) in [5.41, 5.74) is 4.87. The topological polar surface area (TPSA) is 114 Å². The number of allylic oxidation sites excluding steroid dienone is 2. The highest BCUT2D eigenvalue weighted by molar-refractivity contribution is 6.03. The van der Waals surface area contributed by atoms with E-state index in [0.29, 0.717) is 23.9 Å². The smallest absolute Gasteiger partial charge is 0.291 e. The Labute approximate surface area is 219 Å². The van der Waals surface area contributed by atoms with Gasteiger partial charge in [-0.15, -0.1) is 0 Å². The van der Waals surface area contributed by atoms with Crippen LogP contribution in [0.3, 0.4) is 0 Å². The van der Waals surface area contributed by atoms with Crippen molar-refractivity contribution in [1.29, 1.82) is 5.26 Å². The highest BCUT2D eigenvalue weighted by Gasteiger charge is 2.26. The first kappa shape index (κ1) is 26.6. The third-order valence-electron chi connectivity index (χ3n) is 7.76. The molecular formula is C29H38N6O2. The molecule has 2 aliphatic rings. The molecule has 2 aromatic rings. The third kappa shape index (κ3) is 6.66. The normalized spacial score (nSPS) is 21.0. The number of benzene rings is 1. The number of aromatic nitrogens is 2. The Morgan fingerprint density at radius 3 is 2.59 bits per heavy atom. The lowest BCUT2D eigenvalue weighted by molar-refractivity contribution is -0.127. The van der Waals surface area contributed by atoms with E-state index >= 15 is 0 Å². The molecule has 0 radical (unpaired) electrons. The molecule has 2 amide bonds. The quantitative estimate of drug-likeness (QED) is 0.502. The summed E-state index contributed by atoms with van der Waals surface area (Å²) in [5.74, 6) is 0.276. The van der Waals surface area contributed by atoms with Crippen LogP contribution in [0, 0.1) is 16.7 Å². The Bertz CT molecular complexity index is 1210. The molecule has 2 aliphatic carbocycles. The first-order valence-corrected chi connectivity index (χ1v) is 13.2. The number of H-pyrrole nitrogens is 1. The van der Waals surface area contributed by atoms with Crippen molar-refractivity contribution in [2.24, 2.45) is 5.41 Å². The lowest BCUT2D eigenvalue weighted by Crippen LogP contribution is -2.40. The second kappa shape index (κ2) is 11.3. The van der Waals surface area contributed by atoms with Crippen molar-refractivity contribution in [2.75, 3.05) is 26.0 Å². The van der Waals surface area contributed by atoms with Gasteiger partial charge in [0.1, 0.15) is 11.8 Å². The molecular weight excluding hydrogens is 464 g/mol. The summed E-state index contributed by atoms with van der Waals surface area (Å²) in [7, 11) is 3.55. The minimum atomic E-state index is -0.352. The summed E-state index contributed by atoms with van der Waals surface area (Å²) in [5, 5.41) is 15.6. The summed E-state index contributed by atoms with van der Waals surface area (Å²) < 4.78 is 0. The van der Waals surface area contributed by atoms with Gasteiger partial charge in [0.25, 0.3) is 5.91 Å². The van der Waals surface area contributed by atoms with Gasteiger partial charge < -0.3 is 20.5 Å². The number of nitriles is 1. The van der Waals surface area contributed by atoms with Crippen LogP contribution in [0.15, 0.2) is 30.5 Å². The van der Waals surface area contributed by atoms with Crippen LogP contribution in [0.1, 0.15) is 92.2 Å². The van der Waals surface area contributed by atoms with Crippen molar-refractivity contribution in [1.82, 2.24) is 20.2 Å². The van der Waals surface area contributed by atoms with Gasteiger partial charge in [0, 0.05) is 31.4 Å². The van der Waals surface area contributed by atoms with E-state index in [1.807, 2.05) is 6.07 Å². The van der Waals surface area contributed by atoms with Crippen LogP contribution >= 0.6 is 0 Å². The van der Waals surface area contributed by atoms with Gasteiger partial charge in [0.05, 0.1) is 12.7 Å². The molecule has 1 aromatic heterocycles. The fourth-order valence-corrected chi connectivity index (χ4v) is 5.22. The molecule has 0 saturated heterocycles. The lowest BCUT2D eigenvalue weighted by atomic mass is 9.76. The number of anilines is 1. The molecule has 3 N–H and O–H groups in total. The zero-order valence-electron chi connectivity index (χ0n) is 22.4. The molecule has 196 valence electrons. The molecule has 1 aromatic carbocycles. The molecule has 0 bridgehead atoms. The molecule has 0 aliphatic heterocycles. The monoisotopic (exact) mass is 502 g/mol. The second-order valence-corrected chi connectivity index (χ2v) is 11.3. The number of likely N-dealkylation sites (N-methyl/N-ethyl adjacent to an activating group) is 1. The zero-order chi connectivity index (χ0) is 26.6. The van der Waals surface area contributed by atoms with Crippen LogP contribution in [0.5, 0.6) is 0 Å². The predicted octanol–water partition coefficient (Wildman–Crippen LogP) is 4.83. The summed E-state index contributed by atoms with van der Waals surface area (Å²) in [4.78, 5) is 33.4. The van der Waals surface area contributed by atoms with Crippen molar-refractivity contribution < 1.29 is 9.59 Å². The van der Waals surface area contributed by atoms with E-state index < -0.39 is 0 Å². The predicted molar refractivity (Wildman–Crippen MR) is 145 cm³/mol. The maximum atomic E-state index is 13.0. The van der Waals surface area contributed by atoms with Crippen molar-refractivity contribution in [3.63, 3.8) is 0 Å². The average Bonchev–Trinajstić information content (AvgIpc) is 3.37. The van der Waals surface area contributed by atoms with Crippen LogP contribution in [0.4, 0.5) is 5.69 Å². The molecule has 0 unspecified atom stereocenters. The number of amides is 2. The van der Waals surface area contributed by atoms with E-state index in [-0.39, 0.29) is 23.3 Å². The number of aromatic amines is 1. The molecule has 0 spiro atoms. The number of hydrogen-bond donors (Lipinski definition) is 3. The lowest BCUT2D eigenvalue weighted by Gasteiger charge is -2.31. The van der Waals surface area contributed by atoms with Gasteiger partial charge in [-0.2, -0.15) is 5.26 Å². The standard InChI is InChI=1S/C29H38N6O2/c1-29(2)13-11-20(12-14-29)24-10-7-21(15-25(24)34-28(37)27-32-17-23(16-30)33-27)19-5-8-22(9-6-19)31-18-26(36)35(3)4/h7,10-11,15,17,19,22,31H,5-6,8-9,12-14,18H2,1-4H3,(H,32,33)(H,34,37). The van der Waals surface area contributed by atoms with E-state index in [4.69, 9.17) is 5.26 Å². The fraction of sp³-hybridized carbons (Fsp3) is 0.517. The van der Waals surface area contributed by atoms with Crippen LogP contribution in [-0.2, 0) is 4.79 Å². The molecule has 1 heterocycles.